The van der Waals surface area contributed by atoms with Crippen LogP contribution in [0.1, 0.15) is 58.4 Å². The summed E-state index contributed by atoms with van der Waals surface area (Å²) in [5.41, 5.74) is 1.32. The fourth-order valence-corrected chi connectivity index (χ4v) is 2.99. The van der Waals surface area contributed by atoms with E-state index < -0.39 is 0 Å². The fraction of sp³-hybridized carbons (Fsp3) is 0.611. The Bertz CT molecular complexity index is 432. The summed E-state index contributed by atoms with van der Waals surface area (Å²) >= 11 is 0. The van der Waals surface area contributed by atoms with E-state index >= 15 is 0 Å². The summed E-state index contributed by atoms with van der Waals surface area (Å²) < 4.78 is 0. The van der Waals surface area contributed by atoms with Crippen LogP contribution in [0.4, 0.5) is 0 Å². The molecule has 0 aliphatic heterocycles. The normalized spacial score (nSPS) is 24.0. The zero-order chi connectivity index (χ0) is 14.7. The molecule has 4 atom stereocenters. The zero-order valence-corrected chi connectivity index (χ0v) is 13.2. The van der Waals surface area contributed by atoms with Crippen molar-refractivity contribution >= 4 is 5.91 Å². The van der Waals surface area contributed by atoms with Crippen LogP contribution in [0.2, 0.25) is 0 Å². The molecule has 1 aliphatic carbocycles. The van der Waals surface area contributed by atoms with Gasteiger partial charge in [0.15, 0.2) is 0 Å². The summed E-state index contributed by atoms with van der Waals surface area (Å²) in [5, 5.41) is 0. The van der Waals surface area contributed by atoms with Crippen molar-refractivity contribution in [1.29, 1.82) is 0 Å². The molecule has 1 amide bonds. The smallest absolute Gasteiger partial charge is 0.226 e. The van der Waals surface area contributed by atoms with Crippen LogP contribution in [0.5, 0.6) is 0 Å². The van der Waals surface area contributed by atoms with Crippen LogP contribution in [0.25, 0.3) is 0 Å². The summed E-state index contributed by atoms with van der Waals surface area (Å²) in [6.07, 6.45) is 3.07. The first-order valence-corrected chi connectivity index (χ1v) is 7.97. The van der Waals surface area contributed by atoms with Gasteiger partial charge < -0.3 is 4.90 Å². The summed E-state index contributed by atoms with van der Waals surface area (Å²) in [6, 6.07) is 11.1. The van der Waals surface area contributed by atoms with Crippen molar-refractivity contribution in [1.82, 2.24) is 4.90 Å². The van der Waals surface area contributed by atoms with Crippen molar-refractivity contribution in [2.75, 3.05) is 0 Å². The molecular weight excluding hydrogens is 246 g/mol. The maximum absolute atomic E-state index is 12.8. The fourth-order valence-electron chi connectivity index (χ4n) is 2.99. The van der Waals surface area contributed by atoms with E-state index in [4.69, 9.17) is 0 Å². The molecule has 0 heterocycles. The Hall–Kier alpha value is -1.31. The number of carbonyl (C=O) groups is 1. The molecule has 110 valence electrons. The van der Waals surface area contributed by atoms with Crippen LogP contribution in [-0.2, 0) is 4.79 Å². The lowest BCUT2D eigenvalue weighted by Crippen LogP contribution is -2.45. The average molecular weight is 273 g/mol. The molecule has 2 nitrogen and oxygen atoms in total. The SMILES string of the molecule is CC[C@@H](C)N(C(=O)[C@@H]1C[C@H]1c1ccccc1)[C@H](C)CC. The van der Waals surface area contributed by atoms with Gasteiger partial charge in [-0.25, -0.2) is 0 Å². The second-order valence-corrected chi connectivity index (χ2v) is 6.12. The van der Waals surface area contributed by atoms with Crippen LogP contribution in [0.3, 0.4) is 0 Å². The van der Waals surface area contributed by atoms with Gasteiger partial charge in [-0.3, -0.25) is 4.79 Å². The zero-order valence-electron chi connectivity index (χ0n) is 13.2. The molecule has 1 aromatic rings. The van der Waals surface area contributed by atoms with Crippen molar-refractivity contribution in [2.24, 2.45) is 5.92 Å². The van der Waals surface area contributed by atoms with Crippen molar-refractivity contribution in [3.63, 3.8) is 0 Å². The van der Waals surface area contributed by atoms with Gasteiger partial charge in [-0.15, -0.1) is 0 Å². The third-order valence-electron chi connectivity index (χ3n) is 4.72. The molecule has 2 rings (SSSR count). The first-order chi connectivity index (χ1) is 9.60. The molecule has 1 aromatic carbocycles. The quantitative estimate of drug-likeness (QED) is 0.760. The van der Waals surface area contributed by atoms with E-state index in [0.717, 1.165) is 19.3 Å². The Morgan fingerprint density at radius 1 is 1.15 bits per heavy atom. The predicted octanol–water partition coefficient (Wildman–Crippen LogP) is 4.22. The third-order valence-corrected chi connectivity index (χ3v) is 4.72. The number of carbonyl (C=O) groups excluding carboxylic acids is 1. The number of hydrogen-bond acceptors (Lipinski definition) is 1. The Kier molecular flexibility index (Phi) is 4.85. The van der Waals surface area contributed by atoms with Crippen LogP contribution in [0, 0.1) is 5.92 Å². The van der Waals surface area contributed by atoms with E-state index in [9.17, 15) is 4.79 Å². The molecule has 2 heteroatoms. The van der Waals surface area contributed by atoms with Crippen LogP contribution in [0.15, 0.2) is 30.3 Å². The number of rotatable bonds is 6. The number of hydrogen-bond donors (Lipinski definition) is 0. The monoisotopic (exact) mass is 273 g/mol. The molecule has 1 aliphatic rings. The lowest BCUT2D eigenvalue weighted by atomic mass is 10.1. The first-order valence-electron chi connectivity index (χ1n) is 7.97. The van der Waals surface area contributed by atoms with Gasteiger partial charge in [0, 0.05) is 18.0 Å². The summed E-state index contributed by atoms with van der Waals surface area (Å²) in [4.78, 5) is 14.9. The molecule has 0 unspecified atom stereocenters. The Labute approximate surface area is 123 Å². The predicted molar refractivity (Wildman–Crippen MR) is 83.6 cm³/mol. The van der Waals surface area contributed by atoms with Crippen molar-refractivity contribution in [3.8, 4) is 0 Å². The van der Waals surface area contributed by atoms with Gasteiger partial charge in [0.2, 0.25) is 5.91 Å². The van der Waals surface area contributed by atoms with E-state index in [1.165, 1.54) is 5.56 Å². The second-order valence-electron chi connectivity index (χ2n) is 6.12. The van der Waals surface area contributed by atoms with Crippen LogP contribution < -0.4 is 0 Å². The topological polar surface area (TPSA) is 20.3 Å². The van der Waals surface area contributed by atoms with Crippen molar-refractivity contribution < 1.29 is 4.79 Å². The lowest BCUT2D eigenvalue weighted by molar-refractivity contribution is -0.137. The maximum Gasteiger partial charge on any atom is 0.226 e. The number of amides is 1. The molecule has 0 spiro atoms. The van der Waals surface area contributed by atoms with Crippen molar-refractivity contribution in [2.45, 2.75) is 65.0 Å². The lowest BCUT2D eigenvalue weighted by Gasteiger charge is -2.34. The second kappa shape index (κ2) is 6.43. The summed E-state index contributed by atoms with van der Waals surface area (Å²) in [7, 11) is 0. The summed E-state index contributed by atoms with van der Waals surface area (Å²) in [6.45, 7) is 8.66. The average Bonchev–Trinajstić information content (AvgIpc) is 3.28. The van der Waals surface area contributed by atoms with E-state index in [0.29, 0.717) is 23.9 Å². The largest absolute Gasteiger partial charge is 0.337 e. The molecule has 1 fully saturated rings. The molecule has 0 saturated heterocycles. The van der Waals surface area contributed by atoms with Gasteiger partial charge in [0.25, 0.3) is 0 Å². The Morgan fingerprint density at radius 2 is 1.70 bits per heavy atom. The highest BCUT2D eigenvalue weighted by Crippen LogP contribution is 2.48. The third kappa shape index (κ3) is 3.05. The highest BCUT2D eigenvalue weighted by atomic mass is 16.2. The van der Waals surface area contributed by atoms with Gasteiger partial charge in [0.05, 0.1) is 0 Å². The molecule has 20 heavy (non-hydrogen) atoms. The highest BCUT2D eigenvalue weighted by Gasteiger charge is 2.46. The Morgan fingerprint density at radius 3 is 2.20 bits per heavy atom. The van der Waals surface area contributed by atoms with Crippen molar-refractivity contribution in [3.05, 3.63) is 35.9 Å². The molecule has 0 aromatic heterocycles. The van der Waals surface area contributed by atoms with Gasteiger partial charge in [-0.1, -0.05) is 44.2 Å². The minimum Gasteiger partial charge on any atom is -0.337 e. The van der Waals surface area contributed by atoms with Crippen LogP contribution >= 0.6 is 0 Å². The minimum atomic E-state index is 0.209. The van der Waals surface area contributed by atoms with E-state index in [1.54, 1.807) is 0 Å². The molecule has 0 N–H and O–H groups in total. The minimum absolute atomic E-state index is 0.209. The molecule has 1 saturated carbocycles. The van der Waals surface area contributed by atoms with E-state index in [-0.39, 0.29) is 5.92 Å². The maximum atomic E-state index is 12.8. The van der Waals surface area contributed by atoms with E-state index in [2.05, 4.69) is 56.9 Å². The van der Waals surface area contributed by atoms with Gasteiger partial charge >= 0.3 is 0 Å². The molecular formula is C18H27NO. The summed E-state index contributed by atoms with van der Waals surface area (Å²) in [5.74, 6) is 1.02. The van der Waals surface area contributed by atoms with Crippen LogP contribution in [-0.4, -0.2) is 22.9 Å². The van der Waals surface area contributed by atoms with Gasteiger partial charge in [-0.2, -0.15) is 0 Å². The number of benzene rings is 1. The number of nitrogens with zero attached hydrogens (tertiary/aromatic N) is 1. The van der Waals surface area contributed by atoms with Gasteiger partial charge in [-0.05, 0) is 44.6 Å². The first kappa shape index (κ1) is 15.1. The standard InChI is InChI=1S/C18H27NO/c1-5-13(3)19(14(4)6-2)18(20)17-12-16(17)15-10-8-7-9-11-15/h7-11,13-14,16-17H,5-6,12H2,1-4H3/t13-,14-,16+,17-/m1/s1. The molecule has 0 radical (unpaired) electrons. The molecule has 0 bridgehead atoms. The van der Waals surface area contributed by atoms with Gasteiger partial charge in [0.1, 0.15) is 0 Å². The van der Waals surface area contributed by atoms with E-state index in [1.807, 2.05) is 6.07 Å². The Balaban J connectivity index is 2.07. The highest BCUT2D eigenvalue weighted by molar-refractivity contribution is 5.83.